The molecule has 1 fully saturated rings. The highest BCUT2D eigenvalue weighted by molar-refractivity contribution is 14.0. The van der Waals surface area contributed by atoms with Crippen LogP contribution in [0, 0.1) is 5.92 Å². The van der Waals surface area contributed by atoms with Gasteiger partial charge in [0.15, 0.2) is 5.96 Å². The summed E-state index contributed by atoms with van der Waals surface area (Å²) in [6.07, 6.45) is 4.52. The number of aliphatic imine (C=N–C) groups is 1. The molecule has 0 aromatic rings. The maximum Gasteiger partial charge on any atom is 0.191 e. The van der Waals surface area contributed by atoms with Gasteiger partial charge in [0.05, 0.1) is 11.9 Å². The first kappa shape index (κ1) is 21.9. The molecule has 0 heterocycles. The first-order valence-corrected chi connectivity index (χ1v) is 9.78. The molecule has 1 rings (SSSR count). The van der Waals surface area contributed by atoms with Crippen LogP contribution in [0.2, 0.25) is 0 Å². The Balaban J connectivity index is 0.00000441. The fourth-order valence-electron chi connectivity index (χ4n) is 2.46. The lowest BCUT2D eigenvalue weighted by molar-refractivity contribution is 0.136. The molecule has 0 aromatic carbocycles. The van der Waals surface area contributed by atoms with Gasteiger partial charge in [0.1, 0.15) is 9.84 Å². The van der Waals surface area contributed by atoms with Gasteiger partial charge in [-0.1, -0.05) is 6.42 Å². The van der Waals surface area contributed by atoms with Crippen molar-refractivity contribution in [3.63, 3.8) is 0 Å². The van der Waals surface area contributed by atoms with Crippen molar-refractivity contribution >= 4 is 39.8 Å². The fourth-order valence-corrected chi connectivity index (χ4v) is 3.24. The lowest BCUT2D eigenvalue weighted by Gasteiger charge is -2.19. The van der Waals surface area contributed by atoms with Crippen molar-refractivity contribution in [1.29, 1.82) is 0 Å². The second kappa shape index (κ2) is 10.6. The number of nitrogens with one attached hydrogen (secondary N) is 2. The van der Waals surface area contributed by atoms with Crippen LogP contribution in [-0.2, 0) is 9.84 Å². The molecule has 0 radical (unpaired) electrons. The van der Waals surface area contributed by atoms with Gasteiger partial charge in [-0.25, -0.2) is 8.42 Å². The van der Waals surface area contributed by atoms with Crippen molar-refractivity contribution in [3.8, 4) is 0 Å². The van der Waals surface area contributed by atoms with Gasteiger partial charge in [-0.15, -0.1) is 24.0 Å². The number of halogens is 1. The Bertz CT molecular complexity index is 443. The van der Waals surface area contributed by atoms with E-state index in [1.165, 1.54) is 6.26 Å². The highest BCUT2D eigenvalue weighted by Gasteiger charge is 2.24. The zero-order chi connectivity index (χ0) is 15.9. The summed E-state index contributed by atoms with van der Waals surface area (Å²) in [5, 5.41) is 16.2. The Kier molecular flexibility index (Phi) is 10.6. The Morgan fingerprint density at radius 1 is 1.41 bits per heavy atom. The number of rotatable bonds is 7. The number of nitrogens with zero attached hydrogens (tertiary/aromatic N) is 1. The summed E-state index contributed by atoms with van der Waals surface area (Å²) in [6.45, 7) is 5.29. The first-order chi connectivity index (χ1) is 9.81. The largest absolute Gasteiger partial charge is 0.393 e. The van der Waals surface area contributed by atoms with Crippen LogP contribution >= 0.6 is 24.0 Å². The third-order valence-corrected chi connectivity index (χ3v) is 4.73. The van der Waals surface area contributed by atoms with E-state index in [0.29, 0.717) is 18.9 Å². The summed E-state index contributed by atoms with van der Waals surface area (Å²) < 4.78 is 22.4. The van der Waals surface area contributed by atoms with Gasteiger partial charge in [-0.3, -0.25) is 4.99 Å². The van der Waals surface area contributed by atoms with Crippen molar-refractivity contribution in [2.45, 2.75) is 51.7 Å². The summed E-state index contributed by atoms with van der Waals surface area (Å²) in [5.41, 5.74) is 0. The van der Waals surface area contributed by atoms with Crippen LogP contribution in [0.15, 0.2) is 4.99 Å². The molecule has 6 nitrogen and oxygen atoms in total. The molecule has 3 atom stereocenters. The Morgan fingerprint density at radius 3 is 2.59 bits per heavy atom. The molecule has 1 aliphatic rings. The molecule has 3 N–H and O–H groups in total. The second-order valence-corrected chi connectivity index (χ2v) is 8.20. The molecule has 0 spiro atoms. The van der Waals surface area contributed by atoms with E-state index in [1.807, 2.05) is 13.8 Å². The highest BCUT2D eigenvalue weighted by Crippen LogP contribution is 2.25. The first-order valence-electron chi connectivity index (χ1n) is 7.72. The lowest BCUT2D eigenvalue weighted by Crippen LogP contribution is -2.43. The smallest absolute Gasteiger partial charge is 0.191 e. The molecule has 0 aliphatic heterocycles. The minimum Gasteiger partial charge on any atom is -0.393 e. The molecule has 132 valence electrons. The van der Waals surface area contributed by atoms with E-state index >= 15 is 0 Å². The van der Waals surface area contributed by atoms with Crippen LogP contribution in [0.1, 0.15) is 39.5 Å². The van der Waals surface area contributed by atoms with Crippen molar-refractivity contribution in [1.82, 2.24) is 10.6 Å². The fraction of sp³-hybridized carbons (Fsp3) is 0.929. The quantitative estimate of drug-likeness (QED) is 0.310. The topological polar surface area (TPSA) is 90.8 Å². The van der Waals surface area contributed by atoms with Crippen LogP contribution in [0.5, 0.6) is 0 Å². The maximum atomic E-state index is 11.2. The van der Waals surface area contributed by atoms with Crippen molar-refractivity contribution < 1.29 is 13.5 Å². The van der Waals surface area contributed by atoms with E-state index in [0.717, 1.165) is 25.8 Å². The minimum absolute atomic E-state index is 0. The van der Waals surface area contributed by atoms with Crippen molar-refractivity contribution in [2.24, 2.45) is 10.9 Å². The monoisotopic (exact) mass is 447 g/mol. The number of hydrogen-bond acceptors (Lipinski definition) is 4. The average Bonchev–Trinajstić information content (AvgIpc) is 2.79. The molecule has 0 saturated heterocycles. The second-order valence-electron chi connectivity index (χ2n) is 5.94. The summed E-state index contributed by atoms with van der Waals surface area (Å²) >= 11 is 0. The maximum absolute atomic E-state index is 11.2. The normalized spacial score (nSPS) is 23.7. The van der Waals surface area contributed by atoms with Crippen LogP contribution in [0.3, 0.4) is 0 Å². The van der Waals surface area contributed by atoms with Gasteiger partial charge >= 0.3 is 0 Å². The number of hydrogen-bond donors (Lipinski definition) is 3. The average molecular weight is 447 g/mol. The Morgan fingerprint density at radius 2 is 2.09 bits per heavy atom. The predicted octanol–water partition coefficient (Wildman–Crippen LogP) is 1.14. The van der Waals surface area contributed by atoms with Gasteiger partial charge in [0.2, 0.25) is 0 Å². The third kappa shape index (κ3) is 9.14. The zero-order valence-electron chi connectivity index (χ0n) is 13.7. The van der Waals surface area contributed by atoms with E-state index < -0.39 is 9.84 Å². The van der Waals surface area contributed by atoms with Crippen LogP contribution < -0.4 is 10.6 Å². The van der Waals surface area contributed by atoms with E-state index in [-0.39, 0.29) is 47.8 Å². The molecule has 1 saturated carbocycles. The molecule has 1 aliphatic carbocycles. The predicted molar refractivity (Wildman–Crippen MR) is 102 cm³/mol. The lowest BCUT2D eigenvalue weighted by atomic mass is 10.1. The van der Waals surface area contributed by atoms with Gasteiger partial charge in [0, 0.05) is 31.3 Å². The van der Waals surface area contributed by atoms with E-state index in [4.69, 9.17) is 0 Å². The third-order valence-electron chi connectivity index (χ3n) is 3.75. The molecular formula is C14H30IN3O3S. The molecule has 0 aromatic heterocycles. The van der Waals surface area contributed by atoms with Gasteiger partial charge in [-0.05, 0) is 33.1 Å². The summed E-state index contributed by atoms with van der Waals surface area (Å²) in [5.74, 6) is 1.10. The van der Waals surface area contributed by atoms with E-state index in [1.54, 1.807) is 0 Å². The number of guanidine groups is 1. The molecule has 0 amide bonds. The molecule has 22 heavy (non-hydrogen) atoms. The summed E-state index contributed by atoms with van der Waals surface area (Å²) in [7, 11) is -2.93. The number of aliphatic hydroxyl groups is 1. The Hall–Kier alpha value is -0.0900. The van der Waals surface area contributed by atoms with Crippen LogP contribution in [0.4, 0.5) is 0 Å². The Labute approximate surface area is 151 Å². The summed E-state index contributed by atoms with van der Waals surface area (Å²) in [6, 6.07) is 0.0334. The minimum atomic E-state index is -2.93. The number of sulfone groups is 1. The molecule has 0 bridgehead atoms. The van der Waals surface area contributed by atoms with Gasteiger partial charge < -0.3 is 15.7 Å². The van der Waals surface area contributed by atoms with Crippen molar-refractivity contribution in [2.75, 3.05) is 25.1 Å². The standard InChI is InChI=1S/C14H29N3O3S.HI/c1-4-15-14(16-10-12-6-5-7-13(12)18)17-11(2)8-9-21(3,19)20;/h11-13,18H,4-10H2,1-3H3,(H2,15,16,17);1H. The molecule has 3 unspecified atom stereocenters. The molecule has 8 heteroatoms. The van der Waals surface area contributed by atoms with Gasteiger partial charge in [0.25, 0.3) is 0 Å². The van der Waals surface area contributed by atoms with E-state index in [2.05, 4.69) is 15.6 Å². The van der Waals surface area contributed by atoms with Crippen molar-refractivity contribution in [3.05, 3.63) is 0 Å². The van der Waals surface area contributed by atoms with Gasteiger partial charge in [-0.2, -0.15) is 0 Å². The van der Waals surface area contributed by atoms with Crippen LogP contribution in [0.25, 0.3) is 0 Å². The zero-order valence-corrected chi connectivity index (χ0v) is 16.9. The highest BCUT2D eigenvalue weighted by atomic mass is 127. The molecular weight excluding hydrogens is 417 g/mol. The SMILES string of the molecule is CCNC(=NCC1CCCC1O)NC(C)CCS(C)(=O)=O.I. The van der Waals surface area contributed by atoms with E-state index in [9.17, 15) is 13.5 Å². The summed E-state index contributed by atoms with van der Waals surface area (Å²) in [4.78, 5) is 4.52. The number of aliphatic hydroxyl groups excluding tert-OH is 1. The van der Waals surface area contributed by atoms with Crippen LogP contribution in [-0.4, -0.2) is 56.7 Å².